The summed E-state index contributed by atoms with van der Waals surface area (Å²) in [6.07, 6.45) is -0.617. The highest BCUT2D eigenvalue weighted by atomic mass is 35.5. The van der Waals surface area contributed by atoms with Crippen molar-refractivity contribution < 1.29 is 9.52 Å². The summed E-state index contributed by atoms with van der Waals surface area (Å²) in [5.41, 5.74) is 2.78. The monoisotopic (exact) mass is 300 g/mol. The number of hydrogen-bond donors (Lipinski definition) is 1. The third-order valence-electron chi connectivity index (χ3n) is 3.62. The number of rotatable bonds is 3. The average Bonchev–Trinajstić information content (AvgIpc) is 2.91. The molecule has 2 nitrogen and oxygen atoms in total. The number of furan rings is 1. The zero-order chi connectivity index (χ0) is 15.0. The molecule has 3 heteroatoms. The van der Waals surface area contributed by atoms with Crippen LogP contribution in [0.1, 0.15) is 25.7 Å². The first-order chi connectivity index (χ1) is 10.1. The van der Waals surface area contributed by atoms with E-state index in [0.29, 0.717) is 16.4 Å². The molecule has 3 aromatic rings. The summed E-state index contributed by atoms with van der Waals surface area (Å²) in [6, 6.07) is 15.9. The maximum atomic E-state index is 10.1. The Hall–Kier alpha value is -1.77. The Kier molecular flexibility index (Phi) is 3.75. The van der Waals surface area contributed by atoms with Crippen molar-refractivity contribution in [2.24, 2.45) is 5.92 Å². The first-order valence-corrected chi connectivity index (χ1v) is 7.40. The molecule has 0 spiro atoms. The maximum absolute atomic E-state index is 10.1. The second-order valence-electron chi connectivity index (χ2n) is 5.58. The van der Waals surface area contributed by atoms with Crippen LogP contribution in [0.3, 0.4) is 0 Å². The highest BCUT2D eigenvalue weighted by Gasteiger charge is 2.18. The molecule has 21 heavy (non-hydrogen) atoms. The standard InChI is InChI=1S/C18H17ClO2/c1-11(2)17(20)16-10-14-8-13(9-15(19)18(14)21-16)12-6-4-3-5-7-12/h3-11,17,20H,1-2H3. The van der Waals surface area contributed by atoms with Gasteiger partial charge in [0.2, 0.25) is 0 Å². The number of fused-ring (bicyclic) bond motifs is 1. The van der Waals surface area contributed by atoms with Crippen molar-refractivity contribution in [3.05, 3.63) is 59.3 Å². The van der Waals surface area contributed by atoms with Crippen molar-refractivity contribution in [2.45, 2.75) is 20.0 Å². The van der Waals surface area contributed by atoms with E-state index in [1.807, 2.05) is 62.4 Å². The molecule has 0 fully saturated rings. The minimum Gasteiger partial charge on any atom is -0.457 e. The second-order valence-corrected chi connectivity index (χ2v) is 5.99. The van der Waals surface area contributed by atoms with Crippen LogP contribution in [0.25, 0.3) is 22.1 Å². The van der Waals surface area contributed by atoms with E-state index in [1.165, 1.54) is 0 Å². The minimum atomic E-state index is -0.617. The Morgan fingerprint density at radius 1 is 1.00 bits per heavy atom. The van der Waals surface area contributed by atoms with E-state index in [2.05, 4.69) is 0 Å². The van der Waals surface area contributed by atoms with Crippen molar-refractivity contribution in [3.63, 3.8) is 0 Å². The molecule has 0 saturated heterocycles. The molecular weight excluding hydrogens is 284 g/mol. The van der Waals surface area contributed by atoms with Crippen molar-refractivity contribution in [1.29, 1.82) is 0 Å². The van der Waals surface area contributed by atoms with Gasteiger partial charge in [-0.2, -0.15) is 0 Å². The molecule has 0 aliphatic heterocycles. The molecule has 0 bridgehead atoms. The molecule has 0 saturated carbocycles. The lowest BCUT2D eigenvalue weighted by Gasteiger charge is -2.10. The molecule has 1 unspecified atom stereocenters. The Balaban J connectivity index is 2.12. The largest absolute Gasteiger partial charge is 0.457 e. The molecule has 1 heterocycles. The van der Waals surface area contributed by atoms with Gasteiger partial charge in [-0.05, 0) is 35.2 Å². The van der Waals surface area contributed by atoms with Crippen LogP contribution in [0.2, 0.25) is 5.02 Å². The molecule has 0 radical (unpaired) electrons. The molecule has 1 N–H and O–H groups in total. The summed E-state index contributed by atoms with van der Waals surface area (Å²) in [4.78, 5) is 0. The van der Waals surface area contributed by atoms with Gasteiger partial charge in [0.25, 0.3) is 0 Å². The fourth-order valence-corrected chi connectivity index (χ4v) is 2.67. The van der Waals surface area contributed by atoms with E-state index in [4.69, 9.17) is 16.0 Å². The zero-order valence-electron chi connectivity index (χ0n) is 12.0. The first kappa shape index (κ1) is 14.2. The van der Waals surface area contributed by atoms with Crippen LogP contribution >= 0.6 is 11.6 Å². The van der Waals surface area contributed by atoms with Crippen LogP contribution in [-0.2, 0) is 0 Å². The van der Waals surface area contributed by atoms with Crippen molar-refractivity contribution in [3.8, 4) is 11.1 Å². The van der Waals surface area contributed by atoms with Crippen molar-refractivity contribution >= 4 is 22.6 Å². The van der Waals surface area contributed by atoms with E-state index < -0.39 is 6.10 Å². The molecule has 1 aromatic heterocycles. The van der Waals surface area contributed by atoms with Crippen molar-refractivity contribution in [1.82, 2.24) is 0 Å². The van der Waals surface area contributed by atoms with E-state index in [-0.39, 0.29) is 5.92 Å². The van der Waals surface area contributed by atoms with E-state index >= 15 is 0 Å². The van der Waals surface area contributed by atoms with Gasteiger partial charge in [-0.1, -0.05) is 55.8 Å². The molecule has 2 aromatic carbocycles. The summed E-state index contributed by atoms with van der Waals surface area (Å²) in [7, 11) is 0. The first-order valence-electron chi connectivity index (χ1n) is 7.02. The van der Waals surface area contributed by atoms with Crippen LogP contribution in [0.15, 0.2) is 52.9 Å². The van der Waals surface area contributed by atoms with Gasteiger partial charge < -0.3 is 9.52 Å². The highest BCUT2D eigenvalue weighted by Crippen LogP contribution is 2.35. The molecule has 3 rings (SSSR count). The average molecular weight is 301 g/mol. The minimum absolute atomic E-state index is 0.0953. The number of aliphatic hydroxyl groups excluding tert-OH is 1. The van der Waals surface area contributed by atoms with Gasteiger partial charge in [-0.3, -0.25) is 0 Å². The molecule has 108 valence electrons. The maximum Gasteiger partial charge on any atom is 0.153 e. The molecule has 0 aliphatic rings. The van der Waals surface area contributed by atoms with Gasteiger partial charge >= 0.3 is 0 Å². The normalized spacial score (nSPS) is 13.0. The fraction of sp³-hybridized carbons (Fsp3) is 0.222. The molecule has 0 amide bonds. The van der Waals surface area contributed by atoms with Crippen LogP contribution in [0.4, 0.5) is 0 Å². The summed E-state index contributed by atoms with van der Waals surface area (Å²) >= 11 is 6.33. The predicted octanol–water partition coefficient (Wildman–Crippen LogP) is 5.44. The van der Waals surface area contributed by atoms with E-state index in [0.717, 1.165) is 16.5 Å². The Morgan fingerprint density at radius 3 is 2.38 bits per heavy atom. The topological polar surface area (TPSA) is 33.4 Å². The molecular formula is C18H17ClO2. The smallest absolute Gasteiger partial charge is 0.153 e. The quantitative estimate of drug-likeness (QED) is 0.698. The van der Waals surface area contributed by atoms with E-state index in [9.17, 15) is 5.11 Å². The van der Waals surface area contributed by atoms with Gasteiger partial charge in [0.05, 0.1) is 5.02 Å². The number of benzene rings is 2. The third kappa shape index (κ3) is 2.69. The predicted molar refractivity (Wildman–Crippen MR) is 86.5 cm³/mol. The fourth-order valence-electron chi connectivity index (χ4n) is 2.40. The van der Waals surface area contributed by atoms with E-state index in [1.54, 1.807) is 0 Å². The van der Waals surface area contributed by atoms with Gasteiger partial charge in [0, 0.05) is 5.39 Å². The van der Waals surface area contributed by atoms with Gasteiger partial charge in [0.1, 0.15) is 11.9 Å². The number of aliphatic hydroxyl groups is 1. The van der Waals surface area contributed by atoms with Gasteiger partial charge in [-0.15, -0.1) is 0 Å². The van der Waals surface area contributed by atoms with Gasteiger partial charge in [0.15, 0.2) is 5.58 Å². The van der Waals surface area contributed by atoms with Crippen LogP contribution < -0.4 is 0 Å². The third-order valence-corrected chi connectivity index (χ3v) is 3.90. The number of halogens is 1. The summed E-state index contributed by atoms with van der Waals surface area (Å²) in [5, 5.41) is 11.6. The zero-order valence-corrected chi connectivity index (χ0v) is 12.8. The lowest BCUT2D eigenvalue weighted by atomic mass is 10.0. The lowest BCUT2D eigenvalue weighted by Crippen LogP contribution is -2.03. The van der Waals surface area contributed by atoms with Crippen LogP contribution in [-0.4, -0.2) is 5.11 Å². The Morgan fingerprint density at radius 2 is 1.71 bits per heavy atom. The summed E-state index contributed by atoms with van der Waals surface area (Å²) < 4.78 is 5.73. The Labute approximate surface area is 129 Å². The lowest BCUT2D eigenvalue weighted by molar-refractivity contribution is 0.104. The van der Waals surface area contributed by atoms with Crippen LogP contribution in [0.5, 0.6) is 0 Å². The summed E-state index contributed by atoms with van der Waals surface area (Å²) in [6.45, 7) is 3.91. The van der Waals surface area contributed by atoms with Gasteiger partial charge in [-0.25, -0.2) is 0 Å². The highest BCUT2D eigenvalue weighted by molar-refractivity contribution is 6.35. The number of hydrogen-bond acceptors (Lipinski definition) is 2. The molecule has 0 aliphatic carbocycles. The Bertz CT molecular complexity index is 759. The second kappa shape index (κ2) is 5.55. The van der Waals surface area contributed by atoms with Crippen molar-refractivity contribution in [2.75, 3.05) is 0 Å². The summed E-state index contributed by atoms with van der Waals surface area (Å²) in [5.74, 6) is 0.657. The molecule has 1 atom stereocenters. The van der Waals surface area contributed by atoms with Crippen LogP contribution in [0, 0.1) is 5.92 Å². The SMILES string of the molecule is CC(C)C(O)c1cc2cc(-c3ccccc3)cc(Cl)c2o1.